The summed E-state index contributed by atoms with van der Waals surface area (Å²) in [4.78, 5) is 14.7. The van der Waals surface area contributed by atoms with Crippen LogP contribution in [-0.4, -0.2) is 29.3 Å². The second-order valence-corrected chi connectivity index (χ2v) is 4.93. The molecule has 0 amide bonds. The number of hydrogen-bond donors (Lipinski definition) is 0. The van der Waals surface area contributed by atoms with E-state index in [0.717, 1.165) is 18.7 Å². The molecule has 94 valence electrons. The molecule has 0 radical (unpaired) electrons. The minimum absolute atomic E-state index is 0.196. The van der Waals surface area contributed by atoms with E-state index in [0.29, 0.717) is 0 Å². The van der Waals surface area contributed by atoms with Crippen molar-refractivity contribution in [2.45, 2.75) is 40.2 Å². The lowest BCUT2D eigenvalue weighted by molar-refractivity contribution is 0.0669. The van der Waals surface area contributed by atoms with E-state index in [9.17, 15) is 4.79 Å². The van der Waals surface area contributed by atoms with Crippen LogP contribution < -0.4 is 0 Å². The number of hydrogen-bond acceptors (Lipinski definition) is 2. The van der Waals surface area contributed by atoms with Crippen molar-refractivity contribution in [1.29, 1.82) is 0 Å². The van der Waals surface area contributed by atoms with Gasteiger partial charge in [-0.1, -0.05) is 43.7 Å². The van der Waals surface area contributed by atoms with E-state index in [1.807, 2.05) is 45.0 Å². The number of carbonyl (C=O) groups excluding carboxylic acids is 1. The van der Waals surface area contributed by atoms with Crippen LogP contribution in [-0.2, 0) is 0 Å². The molecule has 0 N–H and O–H groups in total. The summed E-state index contributed by atoms with van der Waals surface area (Å²) in [5, 5.41) is 0. The van der Waals surface area contributed by atoms with Crippen LogP contribution in [0.1, 0.15) is 43.6 Å². The Hall–Kier alpha value is -1.15. The highest BCUT2D eigenvalue weighted by molar-refractivity contribution is 6.02. The molecule has 0 fully saturated rings. The monoisotopic (exact) mass is 233 g/mol. The van der Waals surface area contributed by atoms with Gasteiger partial charge in [-0.15, -0.1) is 0 Å². The average Bonchev–Trinajstić information content (AvgIpc) is 2.30. The SMILES string of the molecule is CCN(CC)C(C)(C)C(=O)c1ccc(C)cc1. The molecule has 0 aliphatic heterocycles. The Bertz CT molecular complexity index is 374. The summed E-state index contributed by atoms with van der Waals surface area (Å²) in [5.41, 5.74) is 1.55. The second kappa shape index (κ2) is 5.46. The van der Waals surface area contributed by atoms with E-state index in [2.05, 4.69) is 18.7 Å². The van der Waals surface area contributed by atoms with Gasteiger partial charge in [0.05, 0.1) is 5.54 Å². The molecule has 17 heavy (non-hydrogen) atoms. The first-order valence-corrected chi connectivity index (χ1v) is 6.30. The van der Waals surface area contributed by atoms with E-state index < -0.39 is 5.54 Å². The van der Waals surface area contributed by atoms with Crippen molar-refractivity contribution in [1.82, 2.24) is 4.90 Å². The van der Waals surface area contributed by atoms with Gasteiger partial charge in [-0.2, -0.15) is 0 Å². The number of carbonyl (C=O) groups is 1. The van der Waals surface area contributed by atoms with Crippen LogP contribution in [0.5, 0.6) is 0 Å². The Kier molecular flexibility index (Phi) is 4.47. The third-order valence-corrected chi connectivity index (χ3v) is 3.42. The molecule has 0 atom stereocenters. The lowest BCUT2D eigenvalue weighted by Crippen LogP contribution is -2.49. The van der Waals surface area contributed by atoms with E-state index in [1.165, 1.54) is 5.56 Å². The van der Waals surface area contributed by atoms with Crippen LogP contribution >= 0.6 is 0 Å². The maximum Gasteiger partial charge on any atom is 0.182 e. The summed E-state index contributed by atoms with van der Waals surface area (Å²) < 4.78 is 0. The van der Waals surface area contributed by atoms with Crippen molar-refractivity contribution < 1.29 is 4.79 Å². The Morgan fingerprint density at radius 1 is 1.12 bits per heavy atom. The fourth-order valence-electron chi connectivity index (χ4n) is 2.22. The van der Waals surface area contributed by atoms with Crippen molar-refractivity contribution in [2.75, 3.05) is 13.1 Å². The van der Waals surface area contributed by atoms with E-state index in [4.69, 9.17) is 0 Å². The molecule has 0 aromatic heterocycles. The molecule has 2 nitrogen and oxygen atoms in total. The molecule has 0 saturated heterocycles. The molecular weight excluding hydrogens is 210 g/mol. The van der Waals surface area contributed by atoms with Gasteiger partial charge in [0.2, 0.25) is 0 Å². The summed E-state index contributed by atoms with van der Waals surface area (Å²) in [7, 11) is 0. The van der Waals surface area contributed by atoms with Crippen molar-refractivity contribution in [2.24, 2.45) is 0 Å². The van der Waals surface area contributed by atoms with E-state index in [-0.39, 0.29) is 5.78 Å². The van der Waals surface area contributed by atoms with Gasteiger partial charge in [0, 0.05) is 5.56 Å². The van der Waals surface area contributed by atoms with Gasteiger partial charge in [-0.25, -0.2) is 0 Å². The Balaban J connectivity index is 2.99. The predicted octanol–water partition coefficient (Wildman–Crippen LogP) is 3.30. The fraction of sp³-hybridized carbons (Fsp3) is 0.533. The normalized spacial score (nSPS) is 11.9. The fourth-order valence-corrected chi connectivity index (χ4v) is 2.22. The number of rotatable bonds is 5. The first-order chi connectivity index (χ1) is 7.93. The van der Waals surface area contributed by atoms with Crippen molar-refractivity contribution in [3.63, 3.8) is 0 Å². The van der Waals surface area contributed by atoms with Gasteiger partial charge < -0.3 is 0 Å². The molecule has 1 rings (SSSR count). The summed E-state index contributed by atoms with van der Waals surface area (Å²) in [6, 6.07) is 7.82. The first-order valence-electron chi connectivity index (χ1n) is 6.30. The highest BCUT2D eigenvalue weighted by Crippen LogP contribution is 2.20. The molecule has 1 aromatic rings. The summed E-state index contributed by atoms with van der Waals surface area (Å²) in [5.74, 6) is 0.196. The van der Waals surface area contributed by atoms with Crippen LogP contribution in [0.3, 0.4) is 0 Å². The van der Waals surface area contributed by atoms with Crippen LogP contribution in [0.25, 0.3) is 0 Å². The highest BCUT2D eigenvalue weighted by Gasteiger charge is 2.33. The second-order valence-electron chi connectivity index (χ2n) is 4.93. The molecule has 0 unspecified atom stereocenters. The molecule has 0 bridgehead atoms. The average molecular weight is 233 g/mol. The number of ketones is 1. The van der Waals surface area contributed by atoms with E-state index >= 15 is 0 Å². The summed E-state index contributed by atoms with van der Waals surface area (Å²) in [6.07, 6.45) is 0. The third kappa shape index (κ3) is 2.95. The lowest BCUT2D eigenvalue weighted by atomic mass is 9.91. The standard InChI is InChI=1S/C15H23NO/c1-6-16(7-2)15(4,5)14(17)13-10-8-12(3)9-11-13/h8-11H,6-7H2,1-5H3. The lowest BCUT2D eigenvalue weighted by Gasteiger charge is -2.35. The van der Waals surface area contributed by atoms with Gasteiger partial charge in [0.15, 0.2) is 5.78 Å². The quantitative estimate of drug-likeness (QED) is 0.727. The van der Waals surface area contributed by atoms with Crippen LogP contribution in [0, 0.1) is 6.92 Å². The molecule has 0 aliphatic rings. The zero-order valence-corrected chi connectivity index (χ0v) is 11.6. The largest absolute Gasteiger partial charge is 0.292 e. The Morgan fingerprint density at radius 3 is 2.00 bits per heavy atom. The zero-order valence-electron chi connectivity index (χ0n) is 11.6. The van der Waals surface area contributed by atoms with Crippen LogP contribution in [0.2, 0.25) is 0 Å². The molecule has 1 aromatic carbocycles. The number of nitrogens with zero attached hydrogens (tertiary/aromatic N) is 1. The first kappa shape index (κ1) is 13.9. The summed E-state index contributed by atoms with van der Waals surface area (Å²) >= 11 is 0. The molecule has 0 spiro atoms. The van der Waals surface area contributed by atoms with Gasteiger partial charge in [-0.3, -0.25) is 9.69 Å². The molecular formula is C15H23NO. The predicted molar refractivity (Wildman–Crippen MR) is 72.5 cm³/mol. The number of Topliss-reactive ketones (excluding diaryl/α,β-unsaturated/α-hetero) is 1. The van der Waals surface area contributed by atoms with Crippen LogP contribution in [0.4, 0.5) is 0 Å². The minimum Gasteiger partial charge on any atom is -0.292 e. The third-order valence-electron chi connectivity index (χ3n) is 3.42. The van der Waals surface area contributed by atoms with E-state index in [1.54, 1.807) is 0 Å². The van der Waals surface area contributed by atoms with Crippen molar-refractivity contribution >= 4 is 5.78 Å². The zero-order chi connectivity index (χ0) is 13.1. The molecule has 2 heteroatoms. The Morgan fingerprint density at radius 2 is 1.59 bits per heavy atom. The topological polar surface area (TPSA) is 20.3 Å². The Labute approximate surface area is 105 Å². The van der Waals surface area contributed by atoms with Crippen LogP contribution in [0.15, 0.2) is 24.3 Å². The number of benzene rings is 1. The maximum atomic E-state index is 12.5. The summed E-state index contributed by atoms with van der Waals surface area (Å²) in [6.45, 7) is 12.0. The highest BCUT2D eigenvalue weighted by atomic mass is 16.1. The smallest absolute Gasteiger partial charge is 0.182 e. The molecule has 0 saturated carbocycles. The number of likely N-dealkylation sites (N-methyl/N-ethyl adjacent to an activating group) is 1. The van der Waals surface area contributed by atoms with Gasteiger partial charge >= 0.3 is 0 Å². The number of aryl methyl sites for hydroxylation is 1. The van der Waals surface area contributed by atoms with Crippen molar-refractivity contribution in [3.05, 3.63) is 35.4 Å². The van der Waals surface area contributed by atoms with Gasteiger partial charge in [-0.05, 0) is 33.9 Å². The molecule has 0 heterocycles. The van der Waals surface area contributed by atoms with Gasteiger partial charge in [0.1, 0.15) is 0 Å². The maximum absolute atomic E-state index is 12.5. The van der Waals surface area contributed by atoms with Gasteiger partial charge in [0.25, 0.3) is 0 Å². The minimum atomic E-state index is -0.432. The molecule has 0 aliphatic carbocycles. The van der Waals surface area contributed by atoms with Crippen molar-refractivity contribution in [3.8, 4) is 0 Å².